The normalized spacial score (nSPS) is 12.4. The third-order valence-electron chi connectivity index (χ3n) is 3.40. The average molecular weight is 308 g/mol. The molecule has 0 aliphatic heterocycles. The van der Waals surface area contributed by atoms with Crippen molar-refractivity contribution in [3.05, 3.63) is 68.7 Å². The van der Waals surface area contributed by atoms with Gasteiger partial charge in [0.1, 0.15) is 0 Å². The van der Waals surface area contributed by atoms with E-state index in [2.05, 4.69) is 30.4 Å². The van der Waals surface area contributed by atoms with Gasteiger partial charge < -0.3 is 5.32 Å². The fourth-order valence-corrected chi connectivity index (χ4v) is 2.80. The van der Waals surface area contributed by atoms with Gasteiger partial charge in [-0.2, -0.15) is 0 Å². The van der Waals surface area contributed by atoms with Crippen molar-refractivity contribution in [3.8, 4) is 0 Å². The molecule has 2 rings (SSSR count). The molecule has 1 unspecified atom stereocenters. The van der Waals surface area contributed by atoms with E-state index in [4.69, 9.17) is 23.2 Å². The first-order valence-corrected chi connectivity index (χ1v) is 7.54. The number of halogens is 2. The largest absolute Gasteiger partial charge is 0.306 e. The zero-order chi connectivity index (χ0) is 14.7. The van der Waals surface area contributed by atoms with Crippen molar-refractivity contribution in [1.82, 2.24) is 5.32 Å². The summed E-state index contributed by atoms with van der Waals surface area (Å²) in [5.41, 5.74) is 4.46. The van der Waals surface area contributed by atoms with E-state index in [1.807, 2.05) is 32.0 Å². The van der Waals surface area contributed by atoms with Gasteiger partial charge in [0.25, 0.3) is 0 Å². The van der Waals surface area contributed by atoms with E-state index in [1.54, 1.807) is 0 Å². The maximum Gasteiger partial charge on any atom is 0.0591 e. The van der Waals surface area contributed by atoms with Crippen molar-refractivity contribution < 1.29 is 0 Å². The van der Waals surface area contributed by atoms with E-state index in [9.17, 15) is 0 Å². The van der Waals surface area contributed by atoms with Crippen LogP contribution in [0.1, 0.15) is 35.2 Å². The van der Waals surface area contributed by atoms with Crippen molar-refractivity contribution in [2.45, 2.75) is 26.8 Å². The number of nitrogens with one attached hydrogen (secondary N) is 1. The second-order valence-electron chi connectivity index (χ2n) is 5.02. The van der Waals surface area contributed by atoms with Crippen LogP contribution in [0.4, 0.5) is 0 Å². The highest BCUT2D eigenvalue weighted by atomic mass is 35.5. The Balaban J connectivity index is 2.47. The van der Waals surface area contributed by atoms with E-state index in [0.717, 1.165) is 38.8 Å². The first kappa shape index (κ1) is 15.4. The summed E-state index contributed by atoms with van der Waals surface area (Å²) >= 11 is 12.7. The number of aryl methyl sites for hydroxylation is 2. The van der Waals surface area contributed by atoms with Gasteiger partial charge in [-0.05, 0) is 54.8 Å². The van der Waals surface area contributed by atoms with Gasteiger partial charge >= 0.3 is 0 Å². The molecule has 0 aliphatic carbocycles. The highest BCUT2D eigenvalue weighted by molar-refractivity contribution is 6.32. The van der Waals surface area contributed by atoms with Gasteiger partial charge in [-0.25, -0.2) is 0 Å². The Morgan fingerprint density at radius 3 is 2.35 bits per heavy atom. The van der Waals surface area contributed by atoms with Gasteiger partial charge in [0.05, 0.1) is 6.04 Å². The lowest BCUT2D eigenvalue weighted by Crippen LogP contribution is -2.22. The lowest BCUT2D eigenvalue weighted by Gasteiger charge is -2.21. The van der Waals surface area contributed by atoms with Gasteiger partial charge in [0.2, 0.25) is 0 Å². The third-order valence-corrected chi connectivity index (χ3v) is 4.14. The zero-order valence-corrected chi connectivity index (χ0v) is 13.5. The first-order chi connectivity index (χ1) is 9.52. The molecule has 1 nitrogen and oxygen atoms in total. The molecule has 2 aromatic rings. The van der Waals surface area contributed by atoms with Crippen LogP contribution in [-0.2, 0) is 0 Å². The summed E-state index contributed by atoms with van der Waals surface area (Å²) < 4.78 is 0. The van der Waals surface area contributed by atoms with Crippen LogP contribution in [0.2, 0.25) is 10.0 Å². The van der Waals surface area contributed by atoms with Crippen molar-refractivity contribution in [1.29, 1.82) is 0 Å². The SMILES string of the molecule is CCNC(c1ccc(C)c(Cl)c1)c1ccc(C)cc1Cl. The Kier molecular flexibility index (Phi) is 5.09. The number of hydrogen-bond acceptors (Lipinski definition) is 1. The molecular weight excluding hydrogens is 289 g/mol. The lowest BCUT2D eigenvalue weighted by molar-refractivity contribution is 0.630. The summed E-state index contributed by atoms with van der Waals surface area (Å²) in [7, 11) is 0. The fourth-order valence-electron chi connectivity index (χ4n) is 2.27. The topological polar surface area (TPSA) is 12.0 Å². The third kappa shape index (κ3) is 3.35. The van der Waals surface area contributed by atoms with Crippen LogP contribution in [0.3, 0.4) is 0 Å². The molecule has 0 saturated carbocycles. The molecule has 0 aliphatic rings. The summed E-state index contributed by atoms with van der Waals surface area (Å²) in [6.45, 7) is 7.00. The smallest absolute Gasteiger partial charge is 0.0591 e. The van der Waals surface area contributed by atoms with Crippen LogP contribution < -0.4 is 5.32 Å². The van der Waals surface area contributed by atoms with E-state index >= 15 is 0 Å². The molecule has 0 aromatic heterocycles. The summed E-state index contributed by atoms with van der Waals surface area (Å²) in [6, 6.07) is 12.4. The van der Waals surface area contributed by atoms with E-state index in [1.165, 1.54) is 0 Å². The van der Waals surface area contributed by atoms with Gasteiger partial charge in [0, 0.05) is 10.0 Å². The van der Waals surface area contributed by atoms with Crippen LogP contribution in [0, 0.1) is 13.8 Å². The van der Waals surface area contributed by atoms with Gasteiger partial charge in [-0.1, -0.05) is 54.4 Å². The second-order valence-corrected chi connectivity index (χ2v) is 5.84. The Hall–Kier alpha value is -1.02. The number of hydrogen-bond donors (Lipinski definition) is 1. The van der Waals surface area contributed by atoms with Crippen molar-refractivity contribution in [2.75, 3.05) is 6.54 Å². The summed E-state index contributed by atoms with van der Waals surface area (Å²) in [4.78, 5) is 0. The minimum Gasteiger partial charge on any atom is -0.306 e. The standard InChI is InChI=1S/C17H19Cl2N/c1-4-20-17(13-7-6-12(3)15(18)10-13)14-8-5-11(2)9-16(14)19/h5-10,17,20H,4H2,1-3H3. The summed E-state index contributed by atoms with van der Waals surface area (Å²) in [5, 5.41) is 5.05. The maximum absolute atomic E-state index is 6.41. The van der Waals surface area contributed by atoms with Crippen molar-refractivity contribution in [3.63, 3.8) is 0 Å². The Labute approximate surface area is 130 Å². The Morgan fingerprint density at radius 2 is 1.75 bits per heavy atom. The van der Waals surface area contributed by atoms with Crippen LogP contribution in [-0.4, -0.2) is 6.54 Å². The van der Waals surface area contributed by atoms with E-state index < -0.39 is 0 Å². The predicted octanol–water partition coefficient (Wildman–Crippen LogP) is 5.31. The molecule has 106 valence electrons. The molecular formula is C17H19Cl2N. The molecule has 1 atom stereocenters. The highest BCUT2D eigenvalue weighted by Gasteiger charge is 2.16. The highest BCUT2D eigenvalue weighted by Crippen LogP contribution is 2.31. The fraction of sp³-hybridized carbons (Fsp3) is 0.294. The molecule has 0 heterocycles. The molecule has 2 aromatic carbocycles. The average Bonchev–Trinajstić information content (AvgIpc) is 2.40. The molecule has 3 heteroatoms. The monoisotopic (exact) mass is 307 g/mol. The van der Waals surface area contributed by atoms with E-state index in [0.29, 0.717) is 0 Å². The minimum absolute atomic E-state index is 0.0613. The second kappa shape index (κ2) is 6.62. The van der Waals surface area contributed by atoms with Gasteiger partial charge in [0.15, 0.2) is 0 Å². The molecule has 0 amide bonds. The van der Waals surface area contributed by atoms with Crippen molar-refractivity contribution in [2.24, 2.45) is 0 Å². The Bertz CT molecular complexity index is 608. The quantitative estimate of drug-likeness (QED) is 0.807. The van der Waals surface area contributed by atoms with Gasteiger partial charge in [-0.3, -0.25) is 0 Å². The zero-order valence-electron chi connectivity index (χ0n) is 12.0. The van der Waals surface area contributed by atoms with Crippen LogP contribution in [0.5, 0.6) is 0 Å². The minimum atomic E-state index is 0.0613. The molecule has 0 spiro atoms. The van der Waals surface area contributed by atoms with Crippen LogP contribution >= 0.6 is 23.2 Å². The molecule has 1 N–H and O–H groups in total. The molecule has 0 fully saturated rings. The molecule has 0 radical (unpaired) electrons. The van der Waals surface area contributed by atoms with Crippen LogP contribution in [0.25, 0.3) is 0 Å². The Morgan fingerprint density at radius 1 is 1.00 bits per heavy atom. The molecule has 0 bridgehead atoms. The molecule has 20 heavy (non-hydrogen) atoms. The van der Waals surface area contributed by atoms with Crippen molar-refractivity contribution >= 4 is 23.2 Å². The number of rotatable bonds is 4. The number of benzene rings is 2. The maximum atomic E-state index is 6.41. The predicted molar refractivity (Wildman–Crippen MR) is 87.9 cm³/mol. The van der Waals surface area contributed by atoms with Gasteiger partial charge in [-0.15, -0.1) is 0 Å². The lowest BCUT2D eigenvalue weighted by atomic mass is 9.97. The van der Waals surface area contributed by atoms with Crippen LogP contribution in [0.15, 0.2) is 36.4 Å². The van der Waals surface area contributed by atoms with E-state index in [-0.39, 0.29) is 6.04 Å². The molecule has 0 saturated heterocycles. The summed E-state index contributed by atoms with van der Waals surface area (Å²) in [5.74, 6) is 0. The summed E-state index contributed by atoms with van der Waals surface area (Å²) in [6.07, 6.45) is 0. The first-order valence-electron chi connectivity index (χ1n) is 6.78.